The van der Waals surface area contributed by atoms with Crippen molar-refractivity contribution in [3.63, 3.8) is 0 Å². The lowest BCUT2D eigenvalue weighted by atomic mass is 9.98. The molecule has 1 saturated heterocycles. The van der Waals surface area contributed by atoms with Gasteiger partial charge in [0.05, 0.1) is 0 Å². The molecule has 0 aliphatic carbocycles. The highest BCUT2D eigenvalue weighted by atomic mass is 16.5. The van der Waals surface area contributed by atoms with E-state index in [2.05, 4.69) is 20.7 Å². The van der Waals surface area contributed by atoms with E-state index < -0.39 is 0 Å². The van der Waals surface area contributed by atoms with Crippen LogP contribution in [-0.4, -0.2) is 47.5 Å². The van der Waals surface area contributed by atoms with Gasteiger partial charge in [0, 0.05) is 32.6 Å². The molecule has 2 heterocycles. The Morgan fingerprint density at radius 2 is 2.23 bits per heavy atom. The van der Waals surface area contributed by atoms with Gasteiger partial charge in [-0.2, -0.15) is 10.1 Å². The third-order valence-corrected chi connectivity index (χ3v) is 4.15. The number of hydrogen-bond donors (Lipinski definition) is 2. The second kappa shape index (κ2) is 8.24. The standard InChI is InChI=1S/C15H27N5O2/c1-11(5-4-10-22-3)14(21)18-15-17-13(19-20(15)2)12-6-8-16-9-7-12/h11-12,16H,4-10H2,1-3H3,(H,17,18,19,21). The van der Waals surface area contributed by atoms with Gasteiger partial charge in [-0.05, 0) is 38.8 Å². The van der Waals surface area contributed by atoms with Gasteiger partial charge >= 0.3 is 0 Å². The van der Waals surface area contributed by atoms with E-state index >= 15 is 0 Å². The number of ether oxygens (including phenoxy) is 1. The molecule has 1 aromatic heterocycles. The predicted molar refractivity (Wildman–Crippen MR) is 84.8 cm³/mol. The second-order valence-corrected chi connectivity index (χ2v) is 5.97. The minimum Gasteiger partial charge on any atom is -0.385 e. The summed E-state index contributed by atoms with van der Waals surface area (Å²) in [6.07, 6.45) is 3.78. The Labute approximate surface area is 131 Å². The van der Waals surface area contributed by atoms with E-state index in [1.54, 1.807) is 11.8 Å². The number of piperidine rings is 1. The number of carbonyl (C=O) groups is 1. The summed E-state index contributed by atoms with van der Waals surface area (Å²) in [6, 6.07) is 0. The molecule has 7 nitrogen and oxygen atoms in total. The molecule has 2 rings (SSSR count). The van der Waals surface area contributed by atoms with Crippen LogP contribution in [0.3, 0.4) is 0 Å². The number of aromatic nitrogens is 3. The Kier molecular flexibility index (Phi) is 6.33. The van der Waals surface area contributed by atoms with Crippen molar-refractivity contribution in [2.24, 2.45) is 13.0 Å². The molecule has 1 aliphatic heterocycles. The van der Waals surface area contributed by atoms with Crippen molar-refractivity contribution in [3.8, 4) is 0 Å². The third kappa shape index (κ3) is 4.51. The molecular weight excluding hydrogens is 282 g/mol. The SMILES string of the molecule is COCCCC(C)C(=O)Nc1nc(C2CCNCC2)nn1C. The summed E-state index contributed by atoms with van der Waals surface area (Å²) in [7, 11) is 3.50. The van der Waals surface area contributed by atoms with Gasteiger partial charge in [0.1, 0.15) is 0 Å². The van der Waals surface area contributed by atoms with Crippen LogP contribution < -0.4 is 10.6 Å². The zero-order valence-corrected chi connectivity index (χ0v) is 13.8. The molecule has 124 valence electrons. The summed E-state index contributed by atoms with van der Waals surface area (Å²) in [5.41, 5.74) is 0. The van der Waals surface area contributed by atoms with Crippen LogP contribution in [-0.2, 0) is 16.6 Å². The number of methoxy groups -OCH3 is 1. The molecule has 0 bridgehead atoms. The number of carbonyl (C=O) groups excluding carboxylic acids is 1. The zero-order chi connectivity index (χ0) is 15.9. The van der Waals surface area contributed by atoms with Crippen LogP contribution in [0.25, 0.3) is 0 Å². The van der Waals surface area contributed by atoms with Crippen molar-refractivity contribution in [1.82, 2.24) is 20.1 Å². The Hall–Kier alpha value is -1.47. The van der Waals surface area contributed by atoms with Crippen molar-refractivity contribution in [3.05, 3.63) is 5.82 Å². The lowest BCUT2D eigenvalue weighted by molar-refractivity contribution is -0.119. The lowest BCUT2D eigenvalue weighted by Gasteiger charge is -2.19. The average Bonchev–Trinajstić information content (AvgIpc) is 2.89. The first-order chi connectivity index (χ1) is 10.6. The smallest absolute Gasteiger partial charge is 0.229 e. The number of aryl methyl sites for hydroxylation is 1. The van der Waals surface area contributed by atoms with Crippen molar-refractivity contribution in [2.45, 2.75) is 38.5 Å². The van der Waals surface area contributed by atoms with Gasteiger partial charge in [-0.25, -0.2) is 4.68 Å². The minimum atomic E-state index is -0.0609. The molecule has 1 atom stereocenters. The molecule has 22 heavy (non-hydrogen) atoms. The predicted octanol–water partition coefficient (Wildman–Crippen LogP) is 1.28. The Morgan fingerprint density at radius 1 is 1.50 bits per heavy atom. The molecule has 1 aromatic rings. The average molecular weight is 309 g/mol. The fourth-order valence-corrected chi connectivity index (χ4v) is 2.66. The van der Waals surface area contributed by atoms with E-state index in [9.17, 15) is 4.79 Å². The summed E-state index contributed by atoms with van der Waals surface area (Å²) >= 11 is 0. The Balaban J connectivity index is 1.91. The van der Waals surface area contributed by atoms with E-state index in [-0.39, 0.29) is 11.8 Å². The van der Waals surface area contributed by atoms with Gasteiger partial charge in [-0.3, -0.25) is 10.1 Å². The first-order valence-corrected chi connectivity index (χ1v) is 8.03. The van der Waals surface area contributed by atoms with Crippen LogP contribution in [0.4, 0.5) is 5.95 Å². The molecule has 0 spiro atoms. The van der Waals surface area contributed by atoms with E-state index in [1.807, 2.05) is 14.0 Å². The number of amides is 1. The summed E-state index contributed by atoms with van der Waals surface area (Å²) < 4.78 is 6.68. The minimum absolute atomic E-state index is 0.0107. The third-order valence-electron chi connectivity index (χ3n) is 4.15. The molecule has 0 aromatic carbocycles. The summed E-state index contributed by atoms with van der Waals surface area (Å²) in [4.78, 5) is 16.7. The highest BCUT2D eigenvalue weighted by Gasteiger charge is 2.22. The van der Waals surface area contributed by atoms with Gasteiger partial charge in [-0.15, -0.1) is 0 Å². The number of hydrogen-bond acceptors (Lipinski definition) is 5. The van der Waals surface area contributed by atoms with Crippen molar-refractivity contribution in [2.75, 3.05) is 32.1 Å². The van der Waals surface area contributed by atoms with Gasteiger partial charge in [0.2, 0.25) is 11.9 Å². The fraction of sp³-hybridized carbons (Fsp3) is 0.800. The molecule has 1 unspecified atom stereocenters. The van der Waals surface area contributed by atoms with E-state index in [4.69, 9.17) is 4.74 Å². The maximum Gasteiger partial charge on any atom is 0.229 e. The Bertz CT molecular complexity index is 482. The van der Waals surface area contributed by atoms with Crippen molar-refractivity contribution in [1.29, 1.82) is 0 Å². The summed E-state index contributed by atoms with van der Waals surface area (Å²) in [5.74, 6) is 1.69. The van der Waals surface area contributed by atoms with Crippen molar-refractivity contribution < 1.29 is 9.53 Å². The normalized spacial score (nSPS) is 17.4. The van der Waals surface area contributed by atoms with Crippen molar-refractivity contribution >= 4 is 11.9 Å². The molecule has 7 heteroatoms. The van der Waals surface area contributed by atoms with Crippen LogP contribution in [0, 0.1) is 5.92 Å². The lowest BCUT2D eigenvalue weighted by Crippen LogP contribution is -2.27. The van der Waals surface area contributed by atoms with Crippen LogP contribution >= 0.6 is 0 Å². The first-order valence-electron chi connectivity index (χ1n) is 8.03. The maximum atomic E-state index is 12.2. The highest BCUT2D eigenvalue weighted by Crippen LogP contribution is 2.23. The van der Waals surface area contributed by atoms with Crippen LogP contribution in [0.5, 0.6) is 0 Å². The molecule has 1 aliphatic rings. The first kappa shape index (κ1) is 16.9. The summed E-state index contributed by atoms with van der Waals surface area (Å²) in [6.45, 7) is 4.61. The maximum absolute atomic E-state index is 12.2. The Morgan fingerprint density at radius 3 is 2.91 bits per heavy atom. The number of nitrogens with one attached hydrogen (secondary N) is 2. The number of rotatable bonds is 7. The number of anilines is 1. The highest BCUT2D eigenvalue weighted by molar-refractivity contribution is 5.90. The molecule has 1 amide bonds. The van der Waals surface area contributed by atoms with Crippen LogP contribution in [0.15, 0.2) is 0 Å². The van der Waals surface area contributed by atoms with Gasteiger partial charge in [0.25, 0.3) is 0 Å². The number of nitrogens with zero attached hydrogens (tertiary/aromatic N) is 3. The van der Waals surface area contributed by atoms with Gasteiger partial charge in [-0.1, -0.05) is 6.92 Å². The second-order valence-electron chi connectivity index (χ2n) is 5.97. The zero-order valence-electron chi connectivity index (χ0n) is 13.8. The fourth-order valence-electron chi connectivity index (χ4n) is 2.66. The molecule has 1 fully saturated rings. The quantitative estimate of drug-likeness (QED) is 0.742. The van der Waals surface area contributed by atoms with E-state index in [1.165, 1.54) is 0 Å². The van der Waals surface area contributed by atoms with Crippen LogP contribution in [0.1, 0.15) is 44.3 Å². The molecule has 2 N–H and O–H groups in total. The van der Waals surface area contributed by atoms with Crippen LogP contribution in [0.2, 0.25) is 0 Å². The largest absolute Gasteiger partial charge is 0.385 e. The molecule has 0 saturated carbocycles. The topological polar surface area (TPSA) is 81.1 Å². The molecular formula is C15H27N5O2. The van der Waals surface area contributed by atoms with E-state index in [0.29, 0.717) is 18.5 Å². The monoisotopic (exact) mass is 309 g/mol. The summed E-state index contributed by atoms with van der Waals surface area (Å²) in [5, 5.41) is 10.7. The van der Waals surface area contributed by atoms with Gasteiger partial charge in [0.15, 0.2) is 5.82 Å². The van der Waals surface area contributed by atoms with Gasteiger partial charge < -0.3 is 10.1 Å². The molecule has 0 radical (unpaired) electrons. The van der Waals surface area contributed by atoms with E-state index in [0.717, 1.165) is 44.6 Å².